The second-order valence-corrected chi connectivity index (χ2v) is 3.59. The van der Waals surface area contributed by atoms with Gasteiger partial charge < -0.3 is 20.5 Å². The van der Waals surface area contributed by atoms with Crippen LogP contribution in [-0.2, 0) is 11.3 Å². The topological polar surface area (TPSA) is 110 Å². The summed E-state index contributed by atoms with van der Waals surface area (Å²) in [5.41, 5.74) is 0. The minimum Gasteiger partial charge on any atom is -0.480 e. The van der Waals surface area contributed by atoms with E-state index in [0.717, 1.165) is 0 Å². The van der Waals surface area contributed by atoms with Crippen molar-refractivity contribution in [3.05, 3.63) is 22.1 Å². The van der Waals surface area contributed by atoms with Gasteiger partial charge in [-0.25, -0.2) is 9.55 Å². The molecular formula is C9H14N4O4. The highest BCUT2D eigenvalue weighted by Crippen LogP contribution is 2.12. The second-order valence-electron chi connectivity index (χ2n) is 3.59. The van der Waals surface area contributed by atoms with Crippen LogP contribution in [-0.4, -0.2) is 38.1 Å². The Morgan fingerprint density at radius 3 is 2.94 bits per heavy atom. The van der Waals surface area contributed by atoms with Crippen molar-refractivity contribution >= 4 is 11.8 Å². The highest BCUT2D eigenvalue weighted by atomic mass is 16.6. The van der Waals surface area contributed by atoms with Crippen molar-refractivity contribution in [2.75, 3.05) is 6.54 Å². The van der Waals surface area contributed by atoms with Crippen LogP contribution in [0.4, 0.5) is 5.82 Å². The zero-order valence-corrected chi connectivity index (χ0v) is 9.58. The molecule has 94 valence electrons. The molecule has 0 aromatic carbocycles. The minimum atomic E-state index is -0.957. The van der Waals surface area contributed by atoms with Crippen molar-refractivity contribution in [3.8, 4) is 0 Å². The van der Waals surface area contributed by atoms with Crippen molar-refractivity contribution in [1.29, 1.82) is 0 Å². The molecule has 0 unspecified atom stereocenters. The van der Waals surface area contributed by atoms with Crippen LogP contribution in [0.3, 0.4) is 0 Å². The maximum absolute atomic E-state index is 10.7. The quantitative estimate of drug-likeness (QED) is 0.543. The summed E-state index contributed by atoms with van der Waals surface area (Å²) in [5.74, 6) is -0.518. The van der Waals surface area contributed by atoms with E-state index in [1.165, 1.54) is 17.7 Å². The van der Waals surface area contributed by atoms with Crippen molar-refractivity contribution < 1.29 is 14.8 Å². The molecule has 1 atom stereocenters. The lowest BCUT2D eigenvalue weighted by atomic mass is 10.3. The molecule has 0 saturated heterocycles. The summed E-state index contributed by atoms with van der Waals surface area (Å²) in [4.78, 5) is 24.5. The monoisotopic (exact) mass is 242 g/mol. The second kappa shape index (κ2) is 5.39. The van der Waals surface area contributed by atoms with Gasteiger partial charge in [0.05, 0.1) is 0 Å². The average Bonchev–Trinajstić information content (AvgIpc) is 2.60. The number of nitrogens with one attached hydrogen (secondary N) is 1. The van der Waals surface area contributed by atoms with Gasteiger partial charge in [0.2, 0.25) is 0 Å². The molecule has 0 radical (unpaired) electrons. The third-order valence-electron chi connectivity index (χ3n) is 2.38. The summed E-state index contributed by atoms with van der Waals surface area (Å²) >= 11 is 0. The zero-order chi connectivity index (χ0) is 13.0. The van der Waals surface area contributed by atoms with Gasteiger partial charge in [0.15, 0.2) is 5.82 Å². The lowest BCUT2D eigenvalue weighted by Gasteiger charge is -2.08. The van der Waals surface area contributed by atoms with Crippen molar-refractivity contribution in [2.24, 2.45) is 0 Å². The molecule has 0 saturated carbocycles. The molecule has 1 aromatic rings. The third kappa shape index (κ3) is 3.25. The number of carboxylic acids is 1. The van der Waals surface area contributed by atoms with Crippen LogP contribution in [0.15, 0.2) is 6.20 Å². The molecule has 0 aliphatic rings. The summed E-state index contributed by atoms with van der Waals surface area (Å²) in [6.45, 7) is 3.80. The molecule has 0 spiro atoms. The summed E-state index contributed by atoms with van der Waals surface area (Å²) in [7, 11) is 0. The van der Waals surface area contributed by atoms with Crippen molar-refractivity contribution in [1.82, 2.24) is 14.9 Å². The van der Waals surface area contributed by atoms with Crippen LogP contribution in [0.2, 0.25) is 0 Å². The molecule has 0 fully saturated rings. The molecule has 1 aromatic heterocycles. The number of nitrogens with zero attached hydrogens (tertiary/aromatic N) is 3. The normalized spacial score (nSPS) is 12.4. The Morgan fingerprint density at radius 1 is 1.76 bits per heavy atom. The number of hydrogen-bond acceptors (Lipinski definition) is 5. The number of carbonyl (C=O) groups is 1. The lowest BCUT2D eigenvalue weighted by Crippen LogP contribution is -2.35. The predicted octanol–water partition coefficient (Wildman–Crippen LogP) is 0.162. The maximum atomic E-state index is 10.7. The summed E-state index contributed by atoms with van der Waals surface area (Å²) in [6, 6.07) is -0.683. The number of nitro groups is 1. The van der Waals surface area contributed by atoms with E-state index in [1.54, 1.807) is 6.92 Å². The van der Waals surface area contributed by atoms with E-state index < -0.39 is 16.9 Å². The molecule has 2 N–H and O–H groups in total. The molecule has 0 aliphatic carbocycles. The highest BCUT2D eigenvalue weighted by molar-refractivity contribution is 5.72. The Kier molecular flexibility index (Phi) is 4.16. The van der Waals surface area contributed by atoms with E-state index in [4.69, 9.17) is 5.11 Å². The first-order chi connectivity index (χ1) is 7.93. The van der Waals surface area contributed by atoms with E-state index in [-0.39, 0.29) is 5.82 Å². The summed E-state index contributed by atoms with van der Waals surface area (Å²) in [5, 5.41) is 22.1. The first-order valence-corrected chi connectivity index (χ1v) is 5.06. The molecule has 0 amide bonds. The Balaban J connectivity index is 2.60. The molecule has 8 nitrogen and oxygen atoms in total. The SMILES string of the molecule is Cc1ncc([N+](=O)[O-])n1CCN[C@H](C)C(=O)O. The minimum absolute atomic E-state index is 0.0905. The Bertz CT molecular complexity index is 429. The first kappa shape index (κ1) is 13.1. The van der Waals surface area contributed by atoms with Crippen LogP contribution >= 0.6 is 0 Å². The Labute approximate surface area is 97.4 Å². The standard InChI is InChI=1S/C9H14N4O4/c1-6(9(14)15)10-3-4-12-7(2)11-5-8(12)13(16)17/h5-6,10H,3-4H2,1-2H3,(H,14,15)/t6-/m1/s1. The highest BCUT2D eigenvalue weighted by Gasteiger charge is 2.17. The Hall–Kier alpha value is -1.96. The largest absolute Gasteiger partial charge is 0.480 e. The van der Waals surface area contributed by atoms with Crippen LogP contribution in [0, 0.1) is 17.0 Å². The van der Waals surface area contributed by atoms with E-state index in [1.807, 2.05) is 0 Å². The van der Waals surface area contributed by atoms with E-state index in [0.29, 0.717) is 18.9 Å². The number of aromatic nitrogens is 2. The number of aryl methyl sites for hydroxylation is 1. The average molecular weight is 242 g/mol. The van der Waals surface area contributed by atoms with E-state index >= 15 is 0 Å². The van der Waals surface area contributed by atoms with Gasteiger partial charge in [-0.15, -0.1) is 0 Å². The fourth-order valence-corrected chi connectivity index (χ4v) is 1.36. The first-order valence-electron chi connectivity index (χ1n) is 5.06. The van der Waals surface area contributed by atoms with Crippen LogP contribution in [0.5, 0.6) is 0 Å². The van der Waals surface area contributed by atoms with Gasteiger partial charge in [0.25, 0.3) is 0 Å². The van der Waals surface area contributed by atoms with Gasteiger partial charge in [-0.3, -0.25) is 4.79 Å². The van der Waals surface area contributed by atoms with Gasteiger partial charge >= 0.3 is 11.8 Å². The molecule has 8 heteroatoms. The fraction of sp³-hybridized carbons (Fsp3) is 0.556. The number of aliphatic carboxylic acids is 1. The van der Waals surface area contributed by atoms with Gasteiger partial charge in [-0.1, -0.05) is 0 Å². The van der Waals surface area contributed by atoms with Gasteiger partial charge in [0.1, 0.15) is 18.8 Å². The smallest absolute Gasteiger partial charge is 0.342 e. The fourth-order valence-electron chi connectivity index (χ4n) is 1.36. The third-order valence-corrected chi connectivity index (χ3v) is 2.38. The van der Waals surface area contributed by atoms with Crippen LogP contribution in [0.1, 0.15) is 12.7 Å². The Morgan fingerprint density at radius 2 is 2.41 bits per heavy atom. The van der Waals surface area contributed by atoms with Gasteiger partial charge in [-0.2, -0.15) is 0 Å². The summed E-state index contributed by atoms with van der Waals surface area (Å²) < 4.78 is 1.43. The van der Waals surface area contributed by atoms with Crippen molar-refractivity contribution in [2.45, 2.75) is 26.4 Å². The van der Waals surface area contributed by atoms with E-state index in [2.05, 4.69) is 10.3 Å². The predicted molar refractivity (Wildman–Crippen MR) is 58.7 cm³/mol. The van der Waals surface area contributed by atoms with Crippen LogP contribution in [0.25, 0.3) is 0 Å². The van der Waals surface area contributed by atoms with Gasteiger partial charge in [0, 0.05) is 13.5 Å². The lowest BCUT2D eigenvalue weighted by molar-refractivity contribution is -0.392. The van der Waals surface area contributed by atoms with Gasteiger partial charge in [-0.05, 0) is 11.8 Å². The molecule has 17 heavy (non-hydrogen) atoms. The number of carboxylic acid groups (broad SMARTS) is 1. The van der Waals surface area contributed by atoms with Crippen LogP contribution < -0.4 is 5.32 Å². The number of hydrogen-bond donors (Lipinski definition) is 2. The molecule has 1 rings (SSSR count). The van der Waals surface area contributed by atoms with Crippen molar-refractivity contribution in [3.63, 3.8) is 0 Å². The molecule has 0 bridgehead atoms. The van der Waals surface area contributed by atoms with E-state index in [9.17, 15) is 14.9 Å². The molecule has 0 aliphatic heterocycles. The zero-order valence-electron chi connectivity index (χ0n) is 9.58. The number of rotatable bonds is 6. The number of imidazole rings is 1. The molecular weight excluding hydrogens is 228 g/mol. The molecule has 1 heterocycles. The summed E-state index contributed by atoms with van der Waals surface area (Å²) in [6.07, 6.45) is 1.19. The maximum Gasteiger partial charge on any atom is 0.342 e.